The molecule has 0 heterocycles. The fourth-order valence-corrected chi connectivity index (χ4v) is 8.20. The van der Waals surface area contributed by atoms with Crippen LogP contribution in [0.25, 0.3) is 0 Å². The average Bonchev–Trinajstić information content (AvgIpc) is 2.31. The number of hydrogen-bond donors (Lipinski definition) is 0. The van der Waals surface area contributed by atoms with Gasteiger partial charge in [0.25, 0.3) is 0 Å². The van der Waals surface area contributed by atoms with Gasteiger partial charge in [0.05, 0.1) is 0 Å². The Kier molecular flexibility index (Phi) is 7.21. The topological polar surface area (TPSA) is 27.7 Å². The molecule has 0 fully saturated rings. The van der Waals surface area contributed by atoms with Crippen LogP contribution in [0.2, 0.25) is 0 Å². The molecule has 17 heavy (non-hydrogen) atoms. The minimum atomic E-state index is -3.35. The zero-order valence-corrected chi connectivity index (χ0v) is 13.4. The Morgan fingerprint density at radius 3 is 1.71 bits per heavy atom. The molecule has 0 atom stereocenters. The number of rotatable bonds is 8. The SMILES string of the molecule is CC[O][Zr]([CH2]c1ccccc1)([O]CC)[O]CC. The summed E-state index contributed by atoms with van der Waals surface area (Å²) < 4.78 is 18.5. The first kappa shape index (κ1) is 15.0. The van der Waals surface area contributed by atoms with E-state index in [4.69, 9.17) is 8.44 Å². The van der Waals surface area contributed by atoms with E-state index in [1.165, 1.54) is 5.56 Å². The van der Waals surface area contributed by atoms with Gasteiger partial charge in [-0.1, -0.05) is 0 Å². The van der Waals surface area contributed by atoms with Crippen LogP contribution in [0.1, 0.15) is 26.3 Å². The van der Waals surface area contributed by atoms with Crippen molar-refractivity contribution >= 4 is 0 Å². The molecular formula is C13H22O3Zr. The maximum absolute atomic E-state index is 5.88. The normalized spacial score (nSPS) is 11.7. The second-order valence-electron chi connectivity index (χ2n) is 3.64. The fourth-order valence-electron chi connectivity index (χ4n) is 1.78. The van der Waals surface area contributed by atoms with E-state index in [0.29, 0.717) is 19.8 Å². The predicted octanol–water partition coefficient (Wildman–Crippen LogP) is 3.20. The summed E-state index contributed by atoms with van der Waals surface area (Å²) in [6.45, 7) is 7.95. The molecule has 0 radical (unpaired) electrons. The molecule has 1 aromatic carbocycles. The van der Waals surface area contributed by atoms with E-state index in [0.717, 1.165) is 4.13 Å². The van der Waals surface area contributed by atoms with Crippen LogP contribution in [-0.4, -0.2) is 19.8 Å². The molecule has 0 bridgehead atoms. The van der Waals surface area contributed by atoms with Gasteiger partial charge in [-0.25, -0.2) is 0 Å². The Hall–Kier alpha value is -0.0169. The van der Waals surface area contributed by atoms with Crippen molar-refractivity contribution in [2.24, 2.45) is 0 Å². The minimum absolute atomic E-state index is 0.656. The van der Waals surface area contributed by atoms with E-state index in [-0.39, 0.29) is 0 Å². The molecule has 0 spiro atoms. The molecule has 1 aromatic rings. The maximum atomic E-state index is 5.88. The van der Waals surface area contributed by atoms with E-state index in [9.17, 15) is 0 Å². The third kappa shape index (κ3) is 5.01. The van der Waals surface area contributed by atoms with Crippen molar-refractivity contribution in [3.63, 3.8) is 0 Å². The average molecular weight is 318 g/mol. The first-order valence-electron chi connectivity index (χ1n) is 6.22. The van der Waals surface area contributed by atoms with E-state index in [1.54, 1.807) is 0 Å². The van der Waals surface area contributed by atoms with Gasteiger partial charge in [0.15, 0.2) is 0 Å². The Labute approximate surface area is 110 Å². The van der Waals surface area contributed by atoms with Crippen LogP contribution in [0, 0.1) is 0 Å². The van der Waals surface area contributed by atoms with Gasteiger partial charge in [0.2, 0.25) is 0 Å². The summed E-state index contributed by atoms with van der Waals surface area (Å²) in [5, 5.41) is 0. The van der Waals surface area contributed by atoms with Gasteiger partial charge in [-0.05, 0) is 0 Å². The Bertz CT molecular complexity index is 286. The molecular weight excluding hydrogens is 295 g/mol. The molecule has 4 heteroatoms. The third-order valence-electron chi connectivity index (χ3n) is 2.36. The monoisotopic (exact) mass is 316 g/mol. The molecule has 0 N–H and O–H groups in total. The van der Waals surface area contributed by atoms with Gasteiger partial charge >= 0.3 is 111 Å². The van der Waals surface area contributed by atoms with E-state index >= 15 is 0 Å². The van der Waals surface area contributed by atoms with E-state index in [1.807, 2.05) is 39.0 Å². The fraction of sp³-hybridized carbons (Fsp3) is 0.538. The quantitative estimate of drug-likeness (QED) is 0.737. The first-order chi connectivity index (χ1) is 8.26. The van der Waals surface area contributed by atoms with Crippen LogP contribution in [0.15, 0.2) is 30.3 Å². The van der Waals surface area contributed by atoms with Crippen molar-refractivity contribution in [2.45, 2.75) is 24.9 Å². The van der Waals surface area contributed by atoms with E-state index < -0.39 is 21.6 Å². The van der Waals surface area contributed by atoms with Gasteiger partial charge in [-0.15, -0.1) is 0 Å². The Morgan fingerprint density at radius 1 is 0.824 bits per heavy atom. The summed E-state index contributed by atoms with van der Waals surface area (Å²) in [5.74, 6) is 0. The van der Waals surface area contributed by atoms with Gasteiger partial charge in [-0.3, -0.25) is 0 Å². The molecule has 1 rings (SSSR count). The molecule has 0 unspecified atom stereocenters. The molecule has 0 aliphatic heterocycles. The molecule has 0 amide bonds. The third-order valence-corrected chi connectivity index (χ3v) is 9.80. The van der Waals surface area contributed by atoms with Gasteiger partial charge in [0, 0.05) is 0 Å². The van der Waals surface area contributed by atoms with Crippen molar-refractivity contribution in [2.75, 3.05) is 19.8 Å². The molecule has 3 nitrogen and oxygen atoms in total. The van der Waals surface area contributed by atoms with Crippen molar-refractivity contribution < 1.29 is 30.0 Å². The summed E-state index contributed by atoms with van der Waals surface area (Å²) in [6, 6.07) is 10.3. The number of benzene rings is 1. The van der Waals surface area contributed by atoms with Crippen LogP contribution < -0.4 is 0 Å². The summed E-state index contributed by atoms with van der Waals surface area (Å²) in [7, 11) is 0. The van der Waals surface area contributed by atoms with E-state index in [2.05, 4.69) is 12.1 Å². The summed E-state index contributed by atoms with van der Waals surface area (Å²) >= 11 is -3.35. The van der Waals surface area contributed by atoms with Crippen LogP contribution in [0.3, 0.4) is 0 Å². The standard InChI is InChI=1S/C7H7.3C2H5O.Zr/c1-7-5-3-2-4-6-7;3*1-2-3;/h2-6H,1H2;3*2H2,1H3;/q;3*-1;+3. The molecule has 0 aliphatic rings. The molecule has 0 aromatic heterocycles. The zero-order chi connectivity index (χ0) is 12.6. The Morgan fingerprint density at radius 2 is 1.29 bits per heavy atom. The van der Waals surface area contributed by atoms with Crippen LogP contribution >= 0.6 is 0 Å². The molecule has 96 valence electrons. The second-order valence-corrected chi connectivity index (χ2v) is 10.00. The van der Waals surface area contributed by atoms with Gasteiger partial charge < -0.3 is 0 Å². The summed E-state index contributed by atoms with van der Waals surface area (Å²) in [6.07, 6.45) is 0. The summed E-state index contributed by atoms with van der Waals surface area (Å²) in [4.78, 5) is 0. The van der Waals surface area contributed by atoms with Gasteiger partial charge in [0.1, 0.15) is 0 Å². The second kappa shape index (κ2) is 8.15. The summed E-state index contributed by atoms with van der Waals surface area (Å²) in [5.41, 5.74) is 1.23. The van der Waals surface area contributed by atoms with Crippen LogP contribution in [-0.2, 0) is 34.2 Å². The molecule has 0 saturated carbocycles. The van der Waals surface area contributed by atoms with Crippen molar-refractivity contribution in [1.29, 1.82) is 0 Å². The Balaban J connectivity index is 2.80. The van der Waals surface area contributed by atoms with Crippen LogP contribution in [0.4, 0.5) is 0 Å². The first-order valence-corrected chi connectivity index (χ1v) is 11.0. The van der Waals surface area contributed by atoms with Crippen molar-refractivity contribution in [1.82, 2.24) is 0 Å². The van der Waals surface area contributed by atoms with Crippen molar-refractivity contribution in [3.05, 3.63) is 35.9 Å². The predicted molar refractivity (Wildman–Crippen MR) is 65.0 cm³/mol. The molecule has 0 aliphatic carbocycles. The van der Waals surface area contributed by atoms with Gasteiger partial charge in [-0.2, -0.15) is 0 Å². The zero-order valence-electron chi connectivity index (χ0n) is 10.9. The van der Waals surface area contributed by atoms with Crippen molar-refractivity contribution in [3.8, 4) is 0 Å². The molecule has 0 saturated heterocycles. The van der Waals surface area contributed by atoms with Crippen LogP contribution in [0.5, 0.6) is 0 Å². The number of hydrogen-bond acceptors (Lipinski definition) is 3.